The highest BCUT2D eigenvalue weighted by molar-refractivity contribution is 5.94. The van der Waals surface area contributed by atoms with Crippen molar-refractivity contribution in [3.05, 3.63) is 29.8 Å². The number of carbonyl (C=O) groups excluding carboxylic acids is 1. The third-order valence-corrected chi connectivity index (χ3v) is 3.49. The molecule has 0 aromatic heterocycles. The average Bonchev–Trinajstić information content (AvgIpc) is 2.39. The monoisotopic (exact) mass is 263 g/mol. The van der Waals surface area contributed by atoms with Crippen LogP contribution in [0.15, 0.2) is 24.3 Å². The van der Waals surface area contributed by atoms with Gasteiger partial charge in [0, 0.05) is 11.6 Å². The highest BCUT2D eigenvalue weighted by atomic mass is 16.4. The van der Waals surface area contributed by atoms with Crippen LogP contribution >= 0.6 is 0 Å². The van der Waals surface area contributed by atoms with Gasteiger partial charge in [-0.3, -0.25) is 9.59 Å². The Hall–Kier alpha value is -2.04. The van der Waals surface area contributed by atoms with Gasteiger partial charge in [-0.2, -0.15) is 0 Å². The van der Waals surface area contributed by atoms with Crippen molar-refractivity contribution in [2.75, 3.05) is 0 Å². The van der Waals surface area contributed by atoms with E-state index in [9.17, 15) is 9.59 Å². The van der Waals surface area contributed by atoms with Gasteiger partial charge in [-0.05, 0) is 43.5 Å². The molecule has 0 saturated heterocycles. The van der Waals surface area contributed by atoms with E-state index in [-0.39, 0.29) is 23.6 Å². The Morgan fingerprint density at radius 1 is 1.16 bits per heavy atom. The van der Waals surface area contributed by atoms with Crippen molar-refractivity contribution >= 4 is 11.9 Å². The Bertz CT molecular complexity index is 469. The number of aromatic hydroxyl groups is 1. The molecule has 0 spiro atoms. The van der Waals surface area contributed by atoms with E-state index in [1.54, 1.807) is 12.1 Å². The first-order chi connectivity index (χ1) is 9.06. The fourth-order valence-electron chi connectivity index (χ4n) is 2.43. The lowest BCUT2D eigenvalue weighted by atomic mass is 9.85. The summed E-state index contributed by atoms with van der Waals surface area (Å²) in [4.78, 5) is 22.9. The molecular weight excluding hydrogens is 246 g/mol. The number of benzene rings is 1. The molecule has 2 unspecified atom stereocenters. The number of phenolic OH excluding ortho intramolecular Hbond substituents is 1. The average molecular weight is 263 g/mol. The van der Waals surface area contributed by atoms with Crippen LogP contribution in [0.3, 0.4) is 0 Å². The summed E-state index contributed by atoms with van der Waals surface area (Å²) in [5, 5.41) is 21.0. The normalized spacial score (nSPS) is 22.7. The van der Waals surface area contributed by atoms with E-state index in [2.05, 4.69) is 5.32 Å². The zero-order valence-electron chi connectivity index (χ0n) is 10.5. The molecule has 0 aliphatic heterocycles. The lowest BCUT2D eigenvalue weighted by Gasteiger charge is -2.27. The Morgan fingerprint density at radius 2 is 1.84 bits per heavy atom. The quantitative estimate of drug-likeness (QED) is 0.775. The van der Waals surface area contributed by atoms with Crippen LogP contribution in [-0.4, -0.2) is 28.1 Å². The van der Waals surface area contributed by atoms with Gasteiger partial charge >= 0.3 is 5.97 Å². The van der Waals surface area contributed by atoms with Crippen molar-refractivity contribution in [3.8, 4) is 5.75 Å². The zero-order valence-corrected chi connectivity index (χ0v) is 10.5. The van der Waals surface area contributed by atoms with Gasteiger partial charge in [0.25, 0.3) is 5.91 Å². The van der Waals surface area contributed by atoms with E-state index in [4.69, 9.17) is 10.2 Å². The number of rotatable bonds is 3. The van der Waals surface area contributed by atoms with Gasteiger partial charge in [-0.1, -0.05) is 6.42 Å². The molecule has 1 fully saturated rings. The van der Waals surface area contributed by atoms with E-state index in [1.807, 2.05) is 0 Å². The summed E-state index contributed by atoms with van der Waals surface area (Å²) < 4.78 is 0. The van der Waals surface area contributed by atoms with Gasteiger partial charge in [-0.15, -0.1) is 0 Å². The molecule has 1 amide bonds. The van der Waals surface area contributed by atoms with Crippen LogP contribution < -0.4 is 5.32 Å². The standard InChI is InChI=1S/C14H17NO4/c16-12-6-4-9(5-7-12)13(17)15-11-3-1-2-10(8-11)14(18)19/h4-7,10-11,16H,1-3,8H2,(H,15,17)(H,18,19). The lowest BCUT2D eigenvalue weighted by Crippen LogP contribution is -2.39. The van der Waals surface area contributed by atoms with E-state index >= 15 is 0 Å². The Morgan fingerprint density at radius 3 is 2.47 bits per heavy atom. The number of aliphatic carboxylic acids is 1. The number of amides is 1. The molecule has 1 aromatic rings. The minimum absolute atomic E-state index is 0.0869. The predicted octanol–water partition coefficient (Wildman–Crippen LogP) is 1.77. The topological polar surface area (TPSA) is 86.6 Å². The highest BCUT2D eigenvalue weighted by Crippen LogP contribution is 2.24. The molecule has 3 N–H and O–H groups in total. The highest BCUT2D eigenvalue weighted by Gasteiger charge is 2.27. The van der Waals surface area contributed by atoms with E-state index < -0.39 is 5.97 Å². The van der Waals surface area contributed by atoms with E-state index in [0.29, 0.717) is 18.4 Å². The van der Waals surface area contributed by atoms with Crippen molar-refractivity contribution in [2.45, 2.75) is 31.7 Å². The van der Waals surface area contributed by atoms with Crippen molar-refractivity contribution in [2.24, 2.45) is 5.92 Å². The maximum absolute atomic E-state index is 12.0. The third-order valence-electron chi connectivity index (χ3n) is 3.49. The molecular formula is C14H17NO4. The maximum atomic E-state index is 12.0. The van der Waals surface area contributed by atoms with Crippen LogP contribution in [0, 0.1) is 5.92 Å². The summed E-state index contributed by atoms with van der Waals surface area (Å²) in [5.74, 6) is -1.27. The molecule has 0 radical (unpaired) electrons. The van der Waals surface area contributed by atoms with Gasteiger partial charge in [0.2, 0.25) is 0 Å². The number of hydrogen-bond donors (Lipinski definition) is 3. The Labute approximate surface area is 111 Å². The van der Waals surface area contributed by atoms with E-state index in [1.165, 1.54) is 12.1 Å². The fraction of sp³-hybridized carbons (Fsp3) is 0.429. The molecule has 1 aliphatic rings. The molecule has 2 rings (SSSR count). The van der Waals surface area contributed by atoms with Gasteiger partial charge < -0.3 is 15.5 Å². The summed E-state index contributed by atoms with van der Waals surface area (Å²) in [5.41, 5.74) is 0.468. The predicted molar refractivity (Wildman–Crippen MR) is 69.0 cm³/mol. The molecule has 2 atom stereocenters. The molecule has 1 aliphatic carbocycles. The number of carboxylic acids is 1. The molecule has 0 bridgehead atoms. The number of hydrogen-bond acceptors (Lipinski definition) is 3. The third kappa shape index (κ3) is 3.47. The first-order valence-corrected chi connectivity index (χ1v) is 6.39. The molecule has 0 heterocycles. The van der Waals surface area contributed by atoms with Crippen molar-refractivity contribution in [1.29, 1.82) is 0 Å². The lowest BCUT2D eigenvalue weighted by molar-refractivity contribution is -0.143. The molecule has 5 nitrogen and oxygen atoms in total. The first kappa shape index (κ1) is 13.4. The second kappa shape index (κ2) is 5.73. The zero-order chi connectivity index (χ0) is 13.8. The van der Waals surface area contributed by atoms with Gasteiger partial charge in [0.15, 0.2) is 0 Å². The largest absolute Gasteiger partial charge is 0.508 e. The molecule has 5 heteroatoms. The first-order valence-electron chi connectivity index (χ1n) is 6.39. The summed E-state index contributed by atoms with van der Waals surface area (Å²) in [6.45, 7) is 0. The van der Waals surface area contributed by atoms with Crippen molar-refractivity contribution in [1.82, 2.24) is 5.32 Å². The van der Waals surface area contributed by atoms with Gasteiger partial charge in [0.05, 0.1) is 5.92 Å². The maximum Gasteiger partial charge on any atom is 0.306 e. The minimum atomic E-state index is -0.788. The minimum Gasteiger partial charge on any atom is -0.508 e. The second-order valence-corrected chi connectivity index (χ2v) is 4.92. The number of nitrogens with one attached hydrogen (secondary N) is 1. The molecule has 1 saturated carbocycles. The summed E-state index contributed by atoms with van der Waals surface area (Å²) in [7, 11) is 0. The summed E-state index contributed by atoms with van der Waals surface area (Å²) >= 11 is 0. The summed E-state index contributed by atoms with van der Waals surface area (Å²) in [6.07, 6.45) is 2.80. The smallest absolute Gasteiger partial charge is 0.306 e. The second-order valence-electron chi connectivity index (χ2n) is 4.92. The summed E-state index contributed by atoms with van der Waals surface area (Å²) in [6, 6.07) is 5.91. The number of carboxylic acid groups (broad SMARTS) is 1. The van der Waals surface area contributed by atoms with E-state index in [0.717, 1.165) is 12.8 Å². The molecule has 102 valence electrons. The van der Waals surface area contributed by atoms with Crippen LogP contribution in [-0.2, 0) is 4.79 Å². The SMILES string of the molecule is O=C(NC1CCCC(C(=O)O)C1)c1ccc(O)cc1. The molecule has 19 heavy (non-hydrogen) atoms. The van der Waals surface area contributed by atoms with Gasteiger partial charge in [0.1, 0.15) is 5.75 Å². The molecule has 1 aromatic carbocycles. The van der Waals surface area contributed by atoms with Crippen molar-refractivity contribution in [3.63, 3.8) is 0 Å². The van der Waals surface area contributed by atoms with Crippen LogP contribution in [0.25, 0.3) is 0 Å². The van der Waals surface area contributed by atoms with Crippen LogP contribution in [0.2, 0.25) is 0 Å². The van der Waals surface area contributed by atoms with Crippen LogP contribution in [0.5, 0.6) is 5.75 Å². The van der Waals surface area contributed by atoms with Crippen LogP contribution in [0.4, 0.5) is 0 Å². The van der Waals surface area contributed by atoms with Crippen LogP contribution in [0.1, 0.15) is 36.0 Å². The Balaban J connectivity index is 1.95. The number of phenols is 1. The van der Waals surface area contributed by atoms with Crippen molar-refractivity contribution < 1.29 is 19.8 Å². The van der Waals surface area contributed by atoms with Gasteiger partial charge in [-0.25, -0.2) is 0 Å². The fourth-order valence-corrected chi connectivity index (χ4v) is 2.43. The Kier molecular flexibility index (Phi) is 4.04. The number of carbonyl (C=O) groups is 2.